The van der Waals surface area contributed by atoms with E-state index in [1.807, 2.05) is 0 Å². The Morgan fingerprint density at radius 2 is 1.93 bits per heavy atom. The zero-order chi connectivity index (χ0) is 11.5. The second-order valence-corrected chi connectivity index (χ2v) is 5.33. The van der Waals surface area contributed by atoms with Crippen LogP contribution in [0.5, 0.6) is 0 Å². The van der Waals surface area contributed by atoms with E-state index in [1.54, 1.807) is 0 Å². The van der Waals surface area contributed by atoms with Crippen LogP contribution in [-0.2, 0) is 0 Å². The molecule has 0 aliphatic heterocycles. The van der Waals surface area contributed by atoms with Crippen molar-refractivity contribution in [1.82, 2.24) is 10.2 Å². The summed E-state index contributed by atoms with van der Waals surface area (Å²) in [6.07, 6.45) is 5.48. The molecule has 1 N–H and O–H groups in total. The maximum atomic E-state index is 3.72. The molecule has 2 heteroatoms. The van der Waals surface area contributed by atoms with Gasteiger partial charge in [0.15, 0.2) is 0 Å². The highest BCUT2D eigenvalue weighted by molar-refractivity contribution is 4.99. The maximum Gasteiger partial charge on any atom is 0.0328 e. The fourth-order valence-electron chi connectivity index (χ4n) is 2.70. The van der Waals surface area contributed by atoms with Crippen molar-refractivity contribution in [3.63, 3.8) is 0 Å². The van der Waals surface area contributed by atoms with Crippen molar-refractivity contribution in [2.24, 2.45) is 5.92 Å². The Morgan fingerprint density at radius 3 is 2.20 bits per heavy atom. The molecule has 0 spiro atoms. The molecule has 0 heterocycles. The van der Waals surface area contributed by atoms with Crippen LogP contribution in [0.15, 0.2) is 0 Å². The number of rotatable bonds is 6. The van der Waals surface area contributed by atoms with Gasteiger partial charge in [-0.3, -0.25) is 0 Å². The third-order valence-electron chi connectivity index (χ3n) is 4.45. The maximum absolute atomic E-state index is 3.72. The smallest absolute Gasteiger partial charge is 0.0328 e. The van der Waals surface area contributed by atoms with Crippen LogP contribution in [0.3, 0.4) is 0 Å². The fraction of sp³-hybridized carbons (Fsp3) is 1.00. The number of likely N-dealkylation sites (N-methyl/N-ethyl adjacent to an activating group) is 2. The largest absolute Gasteiger partial charge is 0.312 e. The lowest BCUT2D eigenvalue weighted by molar-refractivity contribution is 0.0550. The Kier molecular flexibility index (Phi) is 4.60. The lowest BCUT2D eigenvalue weighted by Gasteiger charge is -2.49. The lowest BCUT2D eigenvalue weighted by Crippen LogP contribution is -2.61. The summed E-state index contributed by atoms with van der Waals surface area (Å²) in [7, 11) is 4.43. The van der Waals surface area contributed by atoms with Crippen LogP contribution >= 0.6 is 0 Å². The molecular formula is C13H28N2. The molecule has 15 heavy (non-hydrogen) atoms. The summed E-state index contributed by atoms with van der Waals surface area (Å²) in [6, 6.07) is 0.663. The van der Waals surface area contributed by atoms with Gasteiger partial charge in [0.25, 0.3) is 0 Å². The van der Waals surface area contributed by atoms with Crippen LogP contribution in [0.4, 0.5) is 0 Å². The first-order chi connectivity index (χ1) is 7.06. The Labute approximate surface area is 95.4 Å². The monoisotopic (exact) mass is 212 g/mol. The number of hydrogen-bond acceptors (Lipinski definition) is 2. The molecule has 1 rings (SSSR count). The fourth-order valence-corrected chi connectivity index (χ4v) is 2.70. The van der Waals surface area contributed by atoms with Crippen LogP contribution < -0.4 is 5.32 Å². The first-order valence-electron chi connectivity index (χ1n) is 6.47. The predicted molar refractivity (Wildman–Crippen MR) is 67.2 cm³/mol. The van der Waals surface area contributed by atoms with Crippen molar-refractivity contribution in [1.29, 1.82) is 0 Å². The van der Waals surface area contributed by atoms with Gasteiger partial charge >= 0.3 is 0 Å². The zero-order valence-corrected chi connectivity index (χ0v) is 11.1. The average Bonchev–Trinajstić information content (AvgIpc) is 2.13. The summed E-state index contributed by atoms with van der Waals surface area (Å²) in [5, 5.41) is 3.72. The van der Waals surface area contributed by atoms with Crippen molar-refractivity contribution in [2.75, 3.05) is 20.6 Å². The van der Waals surface area contributed by atoms with Gasteiger partial charge in [-0.2, -0.15) is 0 Å². The molecule has 0 aromatic carbocycles. The summed E-state index contributed by atoms with van der Waals surface area (Å²) in [5.41, 5.74) is 0.307. The summed E-state index contributed by atoms with van der Waals surface area (Å²) in [5.74, 6) is 0.900. The van der Waals surface area contributed by atoms with Crippen LogP contribution in [0.1, 0.15) is 46.5 Å². The van der Waals surface area contributed by atoms with Gasteiger partial charge in [0.1, 0.15) is 0 Å². The molecule has 90 valence electrons. The molecule has 0 aromatic rings. The lowest BCUT2D eigenvalue weighted by atomic mass is 9.71. The third kappa shape index (κ3) is 2.54. The van der Waals surface area contributed by atoms with Gasteiger partial charge < -0.3 is 10.2 Å². The minimum atomic E-state index is 0.307. The Bertz CT molecular complexity index is 187. The number of nitrogens with one attached hydrogen (secondary N) is 1. The van der Waals surface area contributed by atoms with Gasteiger partial charge in [0.2, 0.25) is 0 Å². The van der Waals surface area contributed by atoms with E-state index < -0.39 is 0 Å². The van der Waals surface area contributed by atoms with Crippen molar-refractivity contribution in [3.05, 3.63) is 0 Å². The van der Waals surface area contributed by atoms with Crippen LogP contribution in [-0.4, -0.2) is 37.1 Å². The minimum Gasteiger partial charge on any atom is -0.312 e. The predicted octanol–water partition coefficient (Wildman–Crippen LogP) is 2.49. The molecule has 0 amide bonds. The van der Waals surface area contributed by atoms with Gasteiger partial charge in [-0.25, -0.2) is 0 Å². The highest BCUT2D eigenvalue weighted by Gasteiger charge is 2.41. The highest BCUT2D eigenvalue weighted by Crippen LogP contribution is 2.37. The molecule has 2 unspecified atom stereocenters. The van der Waals surface area contributed by atoms with Crippen molar-refractivity contribution in [2.45, 2.75) is 58.0 Å². The summed E-state index contributed by atoms with van der Waals surface area (Å²) in [4.78, 5) is 2.40. The first-order valence-corrected chi connectivity index (χ1v) is 6.47. The van der Waals surface area contributed by atoms with E-state index >= 15 is 0 Å². The van der Waals surface area contributed by atoms with E-state index in [-0.39, 0.29) is 0 Å². The van der Waals surface area contributed by atoms with Crippen LogP contribution in [0.2, 0.25) is 0 Å². The van der Waals surface area contributed by atoms with Crippen molar-refractivity contribution < 1.29 is 0 Å². The molecule has 1 aliphatic rings. The van der Waals surface area contributed by atoms with Gasteiger partial charge in [-0.05, 0) is 52.7 Å². The summed E-state index contributed by atoms with van der Waals surface area (Å²) < 4.78 is 0. The molecular weight excluding hydrogens is 184 g/mol. The van der Waals surface area contributed by atoms with E-state index in [4.69, 9.17) is 0 Å². The van der Waals surface area contributed by atoms with Crippen LogP contribution in [0.25, 0.3) is 0 Å². The van der Waals surface area contributed by atoms with Gasteiger partial charge in [-0.15, -0.1) is 0 Å². The quantitative estimate of drug-likeness (QED) is 0.728. The number of nitrogens with zero attached hydrogens (tertiary/aromatic N) is 1. The third-order valence-corrected chi connectivity index (χ3v) is 4.45. The molecule has 0 radical (unpaired) electrons. The molecule has 0 saturated heterocycles. The second-order valence-electron chi connectivity index (χ2n) is 5.33. The molecule has 2 nitrogen and oxygen atoms in total. The first kappa shape index (κ1) is 13.0. The molecule has 0 aromatic heterocycles. The highest BCUT2D eigenvalue weighted by atomic mass is 15.2. The minimum absolute atomic E-state index is 0.307. The van der Waals surface area contributed by atoms with E-state index in [1.165, 1.54) is 25.7 Å². The molecule has 1 fully saturated rings. The standard InChI is InChI=1S/C13H28N2/c1-6-13(3,15(4)5)12(14-7-2)11-9-8-10-11/h11-12,14H,6-10H2,1-5H3. The van der Waals surface area contributed by atoms with Crippen molar-refractivity contribution in [3.8, 4) is 0 Å². The van der Waals surface area contributed by atoms with E-state index in [2.05, 4.69) is 45.1 Å². The van der Waals surface area contributed by atoms with Gasteiger partial charge in [0, 0.05) is 11.6 Å². The Hall–Kier alpha value is -0.0800. The van der Waals surface area contributed by atoms with E-state index in [0.717, 1.165) is 12.5 Å². The van der Waals surface area contributed by atoms with Crippen LogP contribution in [0, 0.1) is 5.92 Å². The molecule has 0 bridgehead atoms. The van der Waals surface area contributed by atoms with E-state index in [9.17, 15) is 0 Å². The topological polar surface area (TPSA) is 15.3 Å². The summed E-state index contributed by atoms with van der Waals surface area (Å²) in [6.45, 7) is 8.02. The summed E-state index contributed by atoms with van der Waals surface area (Å²) >= 11 is 0. The Morgan fingerprint density at radius 1 is 1.33 bits per heavy atom. The SMILES string of the molecule is CCNC(C1CCC1)C(C)(CC)N(C)C. The normalized spacial score (nSPS) is 23.6. The van der Waals surface area contributed by atoms with Crippen molar-refractivity contribution >= 4 is 0 Å². The molecule has 1 saturated carbocycles. The van der Waals surface area contributed by atoms with Gasteiger partial charge in [-0.1, -0.05) is 20.3 Å². The Balaban J connectivity index is 2.74. The average molecular weight is 212 g/mol. The zero-order valence-electron chi connectivity index (χ0n) is 11.1. The molecule has 2 atom stereocenters. The molecule has 1 aliphatic carbocycles. The van der Waals surface area contributed by atoms with Gasteiger partial charge in [0.05, 0.1) is 0 Å². The second kappa shape index (κ2) is 5.31. The number of hydrogen-bond donors (Lipinski definition) is 1. The van der Waals surface area contributed by atoms with E-state index in [0.29, 0.717) is 11.6 Å².